The first kappa shape index (κ1) is 15.3. The fraction of sp³-hybridized carbons (Fsp3) is 0.200. The summed E-state index contributed by atoms with van der Waals surface area (Å²) >= 11 is 0. The number of carbonyl (C=O) groups excluding carboxylic acids is 2. The minimum atomic E-state index is -1.71. The van der Waals surface area contributed by atoms with Gasteiger partial charge in [-0.05, 0) is 28.8 Å². The van der Waals surface area contributed by atoms with Gasteiger partial charge in [0.15, 0.2) is 11.6 Å². The first-order chi connectivity index (χ1) is 12.3. The average Bonchev–Trinajstić information content (AvgIpc) is 2.82. The Labute approximate surface area is 147 Å². The molecule has 130 valence electrons. The molecular weight excluding hydrogens is 336 g/mol. The highest BCUT2D eigenvalue weighted by Gasteiger charge is 2.54. The SMILES string of the molecule is O=C1CC2(O)C(=C3c4c2ccc(O)c4C(=O)CC3O)c2cccc(O)c21. The molecule has 0 radical (unpaired) electrons. The van der Waals surface area contributed by atoms with Crippen molar-refractivity contribution in [2.24, 2.45) is 0 Å². The molecular formula is C20H14O6. The molecule has 6 heteroatoms. The maximum absolute atomic E-state index is 12.7. The van der Waals surface area contributed by atoms with E-state index in [-0.39, 0.29) is 35.5 Å². The Morgan fingerprint density at radius 1 is 0.923 bits per heavy atom. The fourth-order valence-electron chi connectivity index (χ4n) is 4.61. The molecule has 2 unspecified atom stereocenters. The van der Waals surface area contributed by atoms with Gasteiger partial charge in [-0.3, -0.25) is 9.59 Å². The second kappa shape index (κ2) is 4.60. The summed E-state index contributed by atoms with van der Waals surface area (Å²) in [5, 5.41) is 42.4. The molecule has 0 aliphatic heterocycles. The number of phenols is 2. The van der Waals surface area contributed by atoms with Gasteiger partial charge in [-0.2, -0.15) is 0 Å². The Hall–Kier alpha value is -2.96. The Morgan fingerprint density at radius 2 is 1.65 bits per heavy atom. The zero-order valence-electron chi connectivity index (χ0n) is 13.5. The molecule has 0 spiro atoms. The van der Waals surface area contributed by atoms with Gasteiger partial charge in [0.25, 0.3) is 0 Å². The van der Waals surface area contributed by atoms with Gasteiger partial charge < -0.3 is 20.4 Å². The minimum absolute atomic E-state index is 0.0623. The highest BCUT2D eigenvalue weighted by Crippen LogP contribution is 2.59. The summed E-state index contributed by atoms with van der Waals surface area (Å²) in [6.07, 6.45) is -1.70. The lowest BCUT2D eigenvalue weighted by molar-refractivity contribution is 0.0667. The smallest absolute Gasteiger partial charge is 0.170 e. The molecule has 0 bridgehead atoms. The Bertz CT molecular complexity index is 1080. The molecule has 26 heavy (non-hydrogen) atoms. The number of aromatic hydroxyl groups is 2. The summed E-state index contributed by atoms with van der Waals surface area (Å²) in [4.78, 5) is 25.0. The molecule has 2 aromatic rings. The zero-order valence-corrected chi connectivity index (χ0v) is 13.5. The maximum Gasteiger partial charge on any atom is 0.170 e. The maximum atomic E-state index is 12.7. The fourth-order valence-corrected chi connectivity index (χ4v) is 4.61. The van der Waals surface area contributed by atoms with Gasteiger partial charge >= 0.3 is 0 Å². The highest BCUT2D eigenvalue weighted by molar-refractivity contribution is 6.20. The van der Waals surface area contributed by atoms with Gasteiger partial charge in [-0.25, -0.2) is 0 Å². The van der Waals surface area contributed by atoms with E-state index in [0.29, 0.717) is 27.8 Å². The van der Waals surface area contributed by atoms with Crippen LogP contribution in [0.3, 0.4) is 0 Å². The number of phenolic OH excluding ortho intramolecular Hbond substituents is 2. The van der Waals surface area contributed by atoms with Crippen LogP contribution < -0.4 is 0 Å². The molecule has 0 saturated carbocycles. The summed E-state index contributed by atoms with van der Waals surface area (Å²) < 4.78 is 0. The van der Waals surface area contributed by atoms with E-state index < -0.39 is 23.3 Å². The second-order valence-electron chi connectivity index (χ2n) is 6.97. The molecule has 0 amide bonds. The molecule has 4 N–H and O–H groups in total. The number of benzene rings is 2. The van der Waals surface area contributed by atoms with E-state index in [2.05, 4.69) is 0 Å². The van der Waals surface area contributed by atoms with Gasteiger partial charge in [-0.15, -0.1) is 0 Å². The Morgan fingerprint density at radius 3 is 2.42 bits per heavy atom. The molecule has 6 nitrogen and oxygen atoms in total. The summed E-state index contributed by atoms with van der Waals surface area (Å²) in [5.41, 5.74) is 0.0805. The zero-order chi connectivity index (χ0) is 18.4. The first-order valence-corrected chi connectivity index (χ1v) is 8.25. The van der Waals surface area contributed by atoms with E-state index in [1.54, 1.807) is 12.1 Å². The van der Waals surface area contributed by atoms with Crippen molar-refractivity contribution >= 4 is 22.7 Å². The number of ketones is 2. The molecule has 0 heterocycles. The van der Waals surface area contributed by atoms with E-state index in [0.717, 1.165) is 0 Å². The largest absolute Gasteiger partial charge is 0.507 e. The minimum Gasteiger partial charge on any atom is -0.507 e. The van der Waals surface area contributed by atoms with Crippen molar-refractivity contribution in [3.8, 4) is 11.5 Å². The van der Waals surface area contributed by atoms with Crippen molar-refractivity contribution in [2.45, 2.75) is 24.5 Å². The highest BCUT2D eigenvalue weighted by atomic mass is 16.3. The lowest BCUT2D eigenvalue weighted by Crippen LogP contribution is -2.33. The Kier molecular flexibility index (Phi) is 2.71. The van der Waals surface area contributed by atoms with Crippen LogP contribution in [0.25, 0.3) is 11.1 Å². The van der Waals surface area contributed by atoms with Gasteiger partial charge in [0.2, 0.25) is 0 Å². The standard InChI is InChI=1S/C20H14O6/c21-10-3-1-2-8-15(10)14(25)7-20(26)9-4-5-11(22)17-12(23)6-13(24)18(16(9)17)19(8)20/h1-5,13,21-22,24,26H,6-7H2. The van der Waals surface area contributed by atoms with Crippen LogP contribution in [0.4, 0.5) is 0 Å². The molecule has 2 atom stereocenters. The summed E-state index contributed by atoms with van der Waals surface area (Å²) in [5.74, 6) is -1.25. The second-order valence-corrected chi connectivity index (χ2v) is 6.97. The Balaban J connectivity index is 1.97. The van der Waals surface area contributed by atoms with Gasteiger partial charge in [0.05, 0.1) is 17.2 Å². The van der Waals surface area contributed by atoms with Crippen molar-refractivity contribution in [2.75, 3.05) is 0 Å². The molecule has 0 aromatic heterocycles. The number of fused-ring (bicyclic) bond motifs is 4. The molecule has 2 aromatic carbocycles. The third-order valence-corrected chi connectivity index (χ3v) is 5.58. The summed E-state index contributed by atoms with van der Waals surface area (Å²) in [6.45, 7) is 0. The summed E-state index contributed by atoms with van der Waals surface area (Å²) in [7, 11) is 0. The van der Waals surface area contributed by atoms with Crippen LogP contribution in [0.2, 0.25) is 0 Å². The summed E-state index contributed by atoms with van der Waals surface area (Å²) in [6, 6.07) is 7.36. The van der Waals surface area contributed by atoms with E-state index >= 15 is 0 Å². The third-order valence-electron chi connectivity index (χ3n) is 5.58. The third kappa shape index (κ3) is 1.58. The van der Waals surface area contributed by atoms with Crippen molar-refractivity contribution < 1.29 is 30.0 Å². The van der Waals surface area contributed by atoms with Gasteiger partial charge in [-0.1, -0.05) is 18.2 Å². The molecule has 5 rings (SSSR count). The predicted molar refractivity (Wildman–Crippen MR) is 90.8 cm³/mol. The molecule has 3 aliphatic carbocycles. The van der Waals surface area contributed by atoms with Crippen LogP contribution in [0, 0.1) is 0 Å². The number of hydrogen-bond donors (Lipinski definition) is 4. The van der Waals surface area contributed by atoms with Crippen molar-refractivity contribution in [1.82, 2.24) is 0 Å². The van der Waals surface area contributed by atoms with Crippen LogP contribution in [0.15, 0.2) is 30.3 Å². The normalized spacial score (nSPS) is 25.8. The quantitative estimate of drug-likeness (QED) is 0.575. The molecule has 3 aliphatic rings. The van der Waals surface area contributed by atoms with E-state index in [4.69, 9.17) is 0 Å². The number of hydrogen-bond acceptors (Lipinski definition) is 6. The number of carbonyl (C=O) groups is 2. The van der Waals surface area contributed by atoms with Crippen molar-refractivity contribution in [3.05, 3.63) is 58.1 Å². The van der Waals surface area contributed by atoms with Crippen molar-refractivity contribution in [3.63, 3.8) is 0 Å². The van der Waals surface area contributed by atoms with Crippen molar-refractivity contribution in [1.29, 1.82) is 0 Å². The van der Waals surface area contributed by atoms with E-state index in [9.17, 15) is 30.0 Å². The molecule has 0 fully saturated rings. The number of aliphatic hydroxyl groups excluding tert-OH is 1. The predicted octanol–water partition coefficient (Wildman–Crippen LogP) is 1.74. The van der Waals surface area contributed by atoms with E-state index in [1.807, 2.05) is 0 Å². The number of aliphatic hydroxyl groups is 2. The topological polar surface area (TPSA) is 115 Å². The monoisotopic (exact) mass is 350 g/mol. The lowest BCUT2D eigenvalue weighted by Gasteiger charge is -2.33. The number of Topliss-reactive ketones (excluding diaryl/α,β-unsaturated/α-hetero) is 2. The lowest BCUT2D eigenvalue weighted by atomic mass is 9.74. The average molecular weight is 350 g/mol. The van der Waals surface area contributed by atoms with E-state index in [1.165, 1.54) is 18.2 Å². The van der Waals surface area contributed by atoms with Crippen LogP contribution in [-0.2, 0) is 5.60 Å². The van der Waals surface area contributed by atoms with Crippen LogP contribution in [-0.4, -0.2) is 38.1 Å². The van der Waals surface area contributed by atoms with Crippen LogP contribution in [0.5, 0.6) is 11.5 Å². The van der Waals surface area contributed by atoms with Gasteiger partial charge in [0.1, 0.15) is 17.1 Å². The van der Waals surface area contributed by atoms with Crippen LogP contribution >= 0.6 is 0 Å². The molecule has 0 saturated heterocycles. The first-order valence-electron chi connectivity index (χ1n) is 8.25. The van der Waals surface area contributed by atoms with Crippen LogP contribution in [0.1, 0.15) is 50.2 Å². The van der Waals surface area contributed by atoms with Gasteiger partial charge in [0, 0.05) is 24.0 Å². The number of rotatable bonds is 0.